The smallest absolute Gasteiger partial charge is 0.267 e. The molecule has 3 rings (SSSR count). The van der Waals surface area contributed by atoms with E-state index in [1.807, 2.05) is 6.07 Å². The van der Waals surface area contributed by atoms with Crippen molar-refractivity contribution in [2.45, 2.75) is 31.9 Å². The molecule has 0 radical (unpaired) electrons. The van der Waals surface area contributed by atoms with Gasteiger partial charge < -0.3 is 4.42 Å². The fourth-order valence-corrected chi connectivity index (χ4v) is 4.41. The van der Waals surface area contributed by atoms with Crippen LogP contribution in [0.2, 0.25) is 10.0 Å². The van der Waals surface area contributed by atoms with E-state index in [9.17, 15) is 9.59 Å². The number of nitrogens with zero attached hydrogens (tertiary/aromatic N) is 1. The SMILES string of the molecule is CCCCCN1C(=O)C(SCc2ccco2)=C(c2ccc(Cl)cc2Cl)C1=O. The van der Waals surface area contributed by atoms with Crippen LogP contribution in [0.4, 0.5) is 0 Å². The Balaban J connectivity index is 1.94. The van der Waals surface area contributed by atoms with Gasteiger partial charge in [0, 0.05) is 17.1 Å². The Morgan fingerprint density at radius 1 is 1.11 bits per heavy atom. The molecule has 1 aliphatic heterocycles. The summed E-state index contributed by atoms with van der Waals surface area (Å²) in [6.45, 7) is 2.49. The van der Waals surface area contributed by atoms with E-state index in [0.29, 0.717) is 38.4 Å². The van der Waals surface area contributed by atoms with E-state index in [-0.39, 0.29) is 11.8 Å². The minimum Gasteiger partial charge on any atom is -0.468 e. The van der Waals surface area contributed by atoms with Crippen LogP contribution < -0.4 is 0 Å². The molecule has 0 saturated heterocycles. The quantitative estimate of drug-likeness (QED) is 0.398. The van der Waals surface area contributed by atoms with E-state index >= 15 is 0 Å². The number of halogens is 2. The van der Waals surface area contributed by atoms with Crippen molar-refractivity contribution in [1.29, 1.82) is 0 Å². The molecule has 2 heterocycles. The normalized spacial score (nSPS) is 14.6. The number of carbonyl (C=O) groups excluding carboxylic acids is 2. The second-order valence-corrected chi connectivity index (χ2v) is 7.99. The number of thioether (sulfide) groups is 1. The number of benzene rings is 1. The van der Waals surface area contributed by atoms with Crippen molar-refractivity contribution < 1.29 is 14.0 Å². The predicted octanol–water partition coefficient (Wildman–Crippen LogP) is 5.79. The maximum absolute atomic E-state index is 13.0. The molecule has 1 aromatic carbocycles. The fraction of sp³-hybridized carbons (Fsp3) is 0.300. The standard InChI is InChI=1S/C20H19Cl2NO3S/c1-2-3-4-9-23-19(24)17(15-8-7-13(21)11-16(15)22)18(20(23)25)27-12-14-6-5-10-26-14/h5-8,10-11H,2-4,9,12H2,1H3. The van der Waals surface area contributed by atoms with Crippen LogP contribution in [-0.2, 0) is 15.3 Å². The van der Waals surface area contributed by atoms with E-state index < -0.39 is 0 Å². The van der Waals surface area contributed by atoms with Crippen LogP contribution in [0, 0.1) is 0 Å². The largest absolute Gasteiger partial charge is 0.468 e. The van der Waals surface area contributed by atoms with Crippen molar-refractivity contribution in [2.24, 2.45) is 0 Å². The van der Waals surface area contributed by atoms with Crippen LogP contribution >= 0.6 is 35.0 Å². The third-order valence-corrected chi connectivity index (χ3v) is 5.89. The lowest BCUT2D eigenvalue weighted by molar-refractivity contribution is -0.136. The van der Waals surface area contributed by atoms with Gasteiger partial charge in [-0.05, 0) is 30.7 Å². The van der Waals surface area contributed by atoms with Gasteiger partial charge in [0.2, 0.25) is 0 Å². The first-order valence-corrected chi connectivity index (χ1v) is 10.5. The average molecular weight is 424 g/mol. The molecule has 142 valence electrons. The van der Waals surface area contributed by atoms with Crippen LogP contribution in [0.3, 0.4) is 0 Å². The molecule has 0 aliphatic carbocycles. The van der Waals surface area contributed by atoms with Crippen molar-refractivity contribution in [3.05, 3.63) is 62.9 Å². The predicted molar refractivity (Wildman–Crippen MR) is 110 cm³/mol. The van der Waals surface area contributed by atoms with Gasteiger partial charge in [-0.25, -0.2) is 0 Å². The Labute approximate surface area is 172 Å². The van der Waals surface area contributed by atoms with Crippen LogP contribution in [0.25, 0.3) is 5.57 Å². The summed E-state index contributed by atoms with van der Waals surface area (Å²) in [5, 5.41) is 0.830. The van der Waals surface area contributed by atoms with Gasteiger partial charge in [-0.15, -0.1) is 11.8 Å². The van der Waals surface area contributed by atoms with Gasteiger partial charge in [-0.1, -0.05) is 49.0 Å². The van der Waals surface area contributed by atoms with Gasteiger partial charge >= 0.3 is 0 Å². The summed E-state index contributed by atoms with van der Waals surface area (Å²) in [7, 11) is 0. The molecule has 7 heteroatoms. The number of furan rings is 1. The number of hydrogen-bond acceptors (Lipinski definition) is 4. The highest BCUT2D eigenvalue weighted by Gasteiger charge is 2.39. The maximum Gasteiger partial charge on any atom is 0.267 e. The van der Waals surface area contributed by atoms with Gasteiger partial charge in [0.05, 0.1) is 27.5 Å². The van der Waals surface area contributed by atoms with Gasteiger partial charge in [-0.3, -0.25) is 14.5 Å². The molecule has 0 saturated carbocycles. The maximum atomic E-state index is 13.0. The lowest BCUT2D eigenvalue weighted by Gasteiger charge is -2.14. The van der Waals surface area contributed by atoms with Crippen molar-refractivity contribution >= 4 is 52.4 Å². The van der Waals surface area contributed by atoms with Gasteiger partial charge in [0.15, 0.2) is 0 Å². The molecule has 2 amide bonds. The van der Waals surface area contributed by atoms with Crippen molar-refractivity contribution in [3.63, 3.8) is 0 Å². The average Bonchev–Trinajstić information content (AvgIpc) is 3.22. The molecule has 0 N–H and O–H groups in total. The van der Waals surface area contributed by atoms with Gasteiger partial charge in [0.25, 0.3) is 11.8 Å². The van der Waals surface area contributed by atoms with Gasteiger partial charge in [-0.2, -0.15) is 0 Å². The highest BCUT2D eigenvalue weighted by atomic mass is 35.5. The van der Waals surface area contributed by atoms with Gasteiger partial charge in [0.1, 0.15) is 5.76 Å². The molecule has 4 nitrogen and oxygen atoms in total. The van der Waals surface area contributed by atoms with Crippen molar-refractivity contribution in [2.75, 3.05) is 6.54 Å². The van der Waals surface area contributed by atoms with E-state index in [1.165, 1.54) is 16.7 Å². The van der Waals surface area contributed by atoms with Crippen LogP contribution in [0.1, 0.15) is 37.5 Å². The minimum absolute atomic E-state index is 0.270. The second-order valence-electron chi connectivity index (χ2n) is 6.17. The first-order chi connectivity index (χ1) is 13.0. The Bertz CT molecular complexity index is 877. The van der Waals surface area contributed by atoms with Crippen LogP contribution in [-0.4, -0.2) is 23.3 Å². The Kier molecular flexibility index (Phi) is 6.68. The summed E-state index contributed by atoms with van der Waals surface area (Å²) >= 11 is 13.6. The fourth-order valence-electron chi connectivity index (χ4n) is 2.88. The monoisotopic (exact) mass is 423 g/mol. The number of imide groups is 1. The Morgan fingerprint density at radius 3 is 2.59 bits per heavy atom. The molecule has 1 aliphatic rings. The molecule has 0 bridgehead atoms. The highest BCUT2D eigenvalue weighted by Crippen LogP contribution is 2.40. The summed E-state index contributed by atoms with van der Waals surface area (Å²) < 4.78 is 5.35. The Hall–Kier alpha value is -1.69. The van der Waals surface area contributed by atoms with E-state index in [1.54, 1.807) is 30.5 Å². The zero-order valence-electron chi connectivity index (χ0n) is 14.8. The zero-order chi connectivity index (χ0) is 19.4. The molecule has 2 aromatic rings. The van der Waals surface area contributed by atoms with Crippen LogP contribution in [0.5, 0.6) is 0 Å². The summed E-state index contributed by atoms with van der Waals surface area (Å²) in [6, 6.07) is 8.57. The first kappa shape index (κ1) is 20.1. The molecule has 0 fully saturated rings. The molecule has 0 unspecified atom stereocenters. The topological polar surface area (TPSA) is 50.5 Å². The van der Waals surface area contributed by atoms with E-state index in [0.717, 1.165) is 25.0 Å². The number of unbranched alkanes of at least 4 members (excludes halogenated alkanes) is 2. The molecule has 0 atom stereocenters. The lowest BCUT2D eigenvalue weighted by Crippen LogP contribution is -2.32. The molecule has 0 spiro atoms. The van der Waals surface area contributed by atoms with Crippen LogP contribution in [0.15, 0.2) is 45.9 Å². The zero-order valence-corrected chi connectivity index (χ0v) is 17.2. The number of carbonyl (C=O) groups is 2. The summed E-state index contributed by atoms with van der Waals surface area (Å²) in [5.74, 6) is 0.619. The number of amides is 2. The molecular weight excluding hydrogens is 405 g/mol. The number of rotatable bonds is 8. The number of hydrogen-bond donors (Lipinski definition) is 0. The summed E-state index contributed by atoms with van der Waals surface area (Å²) in [4.78, 5) is 27.7. The third-order valence-electron chi connectivity index (χ3n) is 4.25. The third kappa shape index (κ3) is 4.42. The van der Waals surface area contributed by atoms with Crippen molar-refractivity contribution in [3.8, 4) is 0 Å². The molecule has 1 aromatic heterocycles. The lowest BCUT2D eigenvalue weighted by atomic mass is 10.1. The molecular formula is C20H19Cl2NO3S. The van der Waals surface area contributed by atoms with Crippen molar-refractivity contribution in [1.82, 2.24) is 4.90 Å². The second kappa shape index (κ2) is 9.00. The highest BCUT2D eigenvalue weighted by molar-refractivity contribution is 8.03. The Morgan fingerprint density at radius 2 is 1.93 bits per heavy atom. The summed E-state index contributed by atoms with van der Waals surface area (Å²) in [5.41, 5.74) is 0.870. The van der Waals surface area contributed by atoms with E-state index in [2.05, 4.69) is 6.92 Å². The first-order valence-electron chi connectivity index (χ1n) is 8.74. The minimum atomic E-state index is -0.303. The van der Waals surface area contributed by atoms with E-state index in [4.69, 9.17) is 27.6 Å². The summed E-state index contributed by atoms with van der Waals surface area (Å²) in [6.07, 6.45) is 4.34. The molecule has 27 heavy (non-hydrogen) atoms.